The molecule has 2 nitrogen and oxygen atoms in total. The topological polar surface area (TPSA) is 33.4 Å². The maximum absolute atomic E-state index is 9.86. The fraction of sp³-hybridized carbons (Fsp3) is 0. The smallest absolute Gasteiger partial charge is 0.143 e. The van der Waals surface area contributed by atoms with Crippen molar-refractivity contribution in [2.45, 2.75) is 0 Å². The number of aromatic hydroxyl groups is 1. The quantitative estimate of drug-likeness (QED) is 0.487. The Kier molecular flexibility index (Phi) is 1.73. The fourth-order valence-electron chi connectivity index (χ4n) is 2.52. The molecule has 3 aromatic carbocycles. The molecule has 1 aromatic heterocycles. The lowest BCUT2D eigenvalue weighted by molar-refractivity contribution is 0.481. The van der Waals surface area contributed by atoms with Gasteiger partial charge in [-0.25, -0.2) is 0 Å². The molecule has 0 amide bonds. The number of rotatable bonds is 0. The third-order valence-corrected chi connectivity index (χ3v) is 3.38. The van der Waals surface area contributed by atoms with Gasteiger partial charge in [0.2, 0.25) is 0 Å². The van der Waals surface area contributed by atoms with Crippen molar-refractivity contribution < 1.29 is 9.52 Å². The molecular weight excluding hydrogens is 224 g/mol. The number of hydrogen-bond donors (Lipinski definition) is 1. The highest BCUT2D eigenvalue weighted by atomic mass is 16.3. The molecule has 4 rings (SSSR count). The summed E-state index contributed by atoms with van der Waals surface area (Å²) in [6.07, 6.45) is 0. The van der Waals surface area contributed by atoms with Crippen molar-refractivity contribution in [2.24, 2.45) is 0 Å². The molecule has 0 aliphatic heterocycles. The first-order valence-corrected chi connectivity index (χ1v) is 5.86. The molecule has 1 N–H and O–H groups in total. The molecule has 0 spiro atoms. The highest BCUT2D eigenvalue weighted by Gasteiger charge is 2.10. The molecule has 0 saturated carbocycles. The molecule has 0 fully saturated rings. The maximum Gasteiger partial charge on any atom is 0.143 e. The van der Waals surface area contributed by atoms with E-state index in [1.54, 1.807) is 6.07 Å². The molecule has 0 bridgehead atoms. The number of para-hydroxylation sites is 1. The highest BCUT2D eigenvalue weighted by molar-refractivity contribution is 6.15. The van der Waals surface area contributed by atoms with E-state index in [2.05, 4.69) is 6.07 Å². The third kappa shape index (κ3) is 1.12. The first-order valence-electron chi connectivity index (χ1n) is 5.86. The molecule has 0 aliphatic rings. The van der Waals surface area contributed by atoms with E-state index in [4.69, 9.17) is 4.42 Å². The summed E-state index contributed by atoms with van der Waals surface area (Å²) in [6, 6.07) is 17.4. The van der Waals surface area contributed by atoms with Crippen LogP contribution in [0.3, 0.4) is 0 Å². The van der Waals surface area contributed by atoms with E-state index in [1.165, 1.54) is 0 Å². The first-order chi connectivity index (χ1) is 8.84. The second-order valence-electron chi connectivity index (χ2n) is 4.41. The fourth-order valence-corrected chi connectivity index (χ4v) is 2.52. The number of phenols is 1. The Balaban J connectivity index is 2.32. The van der Waals surface area contributed by atoms with Crippen LogP contribution in [0.15, 0.2) is 59.0 Å². The molecule has 4 aromatic rings. The SMILES string of the molecule is Oc1cccc2c1ccc1c3ccccc3oc21. The summed E-state index contributed by atoms with van der Waals surface area (Å²) in [6.45, 7) is 0. The summed E-state index contributed by atoms with van der Waals surface area (Å²) in [5.41, 5.74) is 1.72. The first kappa shape index (κ1) is 9.54. The van der Waals surface area contributed by atoms with Gasteiger partial charge in [0.25, 0.3) is 0 Å². The van der Waals surface area contributed by atoms with Gasteiger partial charge in [0, 0.05) is 21.5 Å². The lowest BCUT2D eigenvalue weighted by Gasteiger charge is -2.00. The van der Waals surface area contributed by atoms with Gasteiger partial charge in [-0.1, -0.05) is 30.3 Å². The zero-order valence-electron chi connectivity index (χ0n) is 9.55. The molecule has 18 heavy (non-hydrogen) atoms. The van der Waals surface area contributed by atoms with Crippen LogP contribution in [0.5, 0.6) is 5.75 Å². The zero-order valence-corrected chi connectivity index (χ0v) is 9.55. The van der Waals surface area contributed by atoms with Crippen LogP contribution in [0.4, 0.5) is 0 Å². The van der Waals surface area contributed by atoms with Gasteiger partial charge in [-0.3, -0.25) is 0 Å². The molecule has 0 aliphatic carbocycles. The van der Waals surface area contributed by atoms with Crippen molar-refractivity contribution >= 4 is 32.7 Å². The second kappa shape index (κ2) is 3.26. The standard InChI is InChI=1S/C16H10O2/c17-14-6-3-5-12-10(14)8-9-13-11-4-1-2-7-15(11)18-16(12)13/h1-9,17H. The Labute approximate surface area is 103 Å². The lowest BCUT2D eigenvalue weighted by atomic mass is 10.1. The van der Waals surface area contributed by atoms with Gasteiger partial charge in [-0.05, 0) is 24.3 Å². The summed E-state index contributed by atoms with van der Waals surface area (Å²) in [7, 11) is 0. The predicted octanol–water partition coefficient (Wildman–Crippen LogP) is 4.44. The minimum absolute atomic E-state index is 0.287. The summed E-state index contributed by atoms with van der Waals surface area (Å²) >= 11 is 0. The Hall–Kier alpha value is -2.48. The van der Waals surface area contributed by atoms with Gasteiger partial charge >= 0.3 is 0 Å². The van der Waals surface area contributed by atoms with E-state index in [0.717, 1.165) is 32.7 Å². The van der Waals surface area contributed by atoms with E-state index in [1.807, 2.05) is 42.5 Å². The number of fused-ring (bicyclic) bond motifs is 5. The van der Waals surface area contributed by atoms with E-state index in [9.17, 15) is 5.11 Å². The number of phenolic OH excluding ortho intramolecular Hbond substituents is 1. The van der Waals surface area contributed by atoms with Crippen LogP contribution in [0.25, 0.3) is 32.7 Å². The van der Waals surface area contributed by atoms with Gasteiger partial charge < -0.3 is 9.52 Å². The molecule has 0 atom stereocenters. The van der Waals surface area contributed by atoms with Crippen LogP contribution >= 0.6 is 0 Å². The molecule has 0 unspecified atom stereocenters. The van der Waals surface area contributed by atoms with Crippen molar-refractivity contribution in [3.63, 3.8) is 0 Å². The van der Waals surface area contributed by atoms with Crippen molar-refractivity contribution in [2.75, 3.05) is 0 Å². The molecule has 1 heterocycles. The Morgan fingerprint density at radius 3 is 2.33 bits per heavy atom. The van der Waals surface area contributed by atoms with Crippen LogP contribution in [0.1, 0.15) is 0 Å². The molecule has 0 radical (unpaired) electrons. The van der Waals surface area contributed by atoms with E-state index >= 15 is 0 Å². The van der Waals surface area contributed by atoms with Crippen LogP contribution in [0, 0.1) is 0 Å². The average molecular weight is 234 g/mol. The minimum atomic E-state index is 0.287. The second-order valence-corrected chi connectivity index (χ2v) is 4.41. The van der Waals surface area contributed by atoms with Crippen LogP contribution in [-0.2, 0) is 0 Å². The average Bonchev–Trinajstić information content (AvgIpc) is 2.78. The highest BCUT2D eigenvalue weighted by Crippen LogP contribution is 2.36. The molecule has 2 heteroatoms. The van der Waals surface area contributed by atoms with Crippen LogP contribution in [0.2, 0.25) is 0 Å². The van der Waals surface area contributed by atoms with E-state index in [0.29, 0.717) is 0 Å². The largest absolute Gasteiger partial charge is 0.507 e. The summed E-state index contributed by atoms with van der Waals surface area (Å²) in [4.78, 5) is 0. The predicted molar refractivity (Wildman–Crippen MR) is 72.9 cm³/mol. The van der Waals surface area contributed by atoms with Gasteiger partial charge in [0.1, 0.15) is 16.9 Å². The van der Waals surface area contributed by atoms with Gasteiger partial charge in [0.15, 0.2) is 0 Å². The van der Waals surface area contributed by atoms with E-state index in [-0.39, 0.29) is 5.75 Å². The number of hydrogen-bond acceptors (Lipinski definition) is 2. The van der Waals surface area contributed by atoms with E-state index < -0.39 is 0 Å². The van der Waals surface area contributed by atoms with Crippen molar-refractivity contribution in [1.82, 2.24) is 0 Å². The Morgan fingerprint density at radius 2 is 1.39 bits per heavy atom. The van der Waals surface area contributed by atoms with Gasteiger partial charge in [-0.2, -0.15) is 0 Å². The lowest BCUT2D eigenvalue weighted by Crippen LogP contribution is -1.74. The summed E-state index contributed by atoms with van der Waals surface area (Å²) in [5, 5.41) is 13.8. The Bertz CT molecular complexity index is 887. The summed E-state index contributed by atoms with van der Waals surface area (Å²) in [5.74, 6) is 0.287. The monoisotopic (exact) mass is 234 g/mol. The normalized spacial score (nSPS) is 11.6. The number of furan rings is 1. The van der Waals surface area contributed by atoms with Crippen molar-refractivity contribution in [3.8, 4) is 5.75 Å². The van der Waals surface area contributed by atoms with Crippen molar-refractivity contribution in [1.29, 1.82) is 0 Å². The Morgan fingerprint density at radius 1 is 0.667 bits per heavy atom. The third-order valence-electron chi connectivity index (χ3n) is 3.38. The minimum Gasteiger partial charge on any atom is -0.507 e. The molecule has 86 valence electrons. The maximum atomic E-state index is 9.86. The van der Waals surface area contributed by atoms with Crippen LogP contribution in [-0.4, -0.2) is 5.11 Å². The number of benzene rings is 3. The van der Waals surface area contributed by atoms with Gasteiger partial charge in [-0.15, -0.1) is 0 Å². The van der Waals surface area contributed by atoms with Crippen molar-refractivity contribution in [3.05, 3.63) is 54.6 Å². The van der Waals surface area contributed by atoms with Gasteiger partial charge in [0.05, 0.1) is 0 Å². The van der Waals surface area contributed by atoms with Crippen LogP contribution < -0.4 is 0 Å². The molecule has 0 saturated heterocycles. The molecular formula is C16H10O2. The zero-order chi connectivity index (χ0) is 12.1. The summed E-state index contributed by atoms with van der Waals surface area (Å²) < 4.78 is 5.91.